The first-order valence-corrected chi connectivity index (χ1v) is 6.65. The Morgan fingerprint density at radius 3 is 2.89 bits per heavy atom. The molecule has 1 aliphatic rings. The second-order valence-electron chi connectivity index (χ2n) is 4.79. The van der Waals surface area contributed by atoms with E-state index in [0.29, 0.717) is 12.8 Å². The lowest BCUT2D eigenvalue weighted by Gasteiger charge is -2.18. The van der Waals surface area contributed by atoms with Crippen molar-refractivity contribution in [3.8, 4) is 5.75 Å². The number of Topliss-reactive ketones (excluding diaryl/α,β-unsaturated/α-hetero) is 1. The molecular weight excluding hydrogens is 244 g/mol. The number of carbonyl (C=O) groups is 2. The Hall–Kier alpha value is -1.84. The van der Waals surface area contributed by atoms with Gasteiger partial charge < -0.3 is 9.84 Å². The first kappa shape index (κ1) is 13.6. The van der Waals surface area contributed by atoms with Crippen molar-refractivity contribution in [3.63, 3.8) is 0 Å². The van der Waals surface area contributed by atoms with Gasteiger partial charge in [-0.3, -0.25) is 9.59 Å². The zero-order valence-corrected chi connectivity index (χ0v) is 11.0. The highest BCUT2D eigenvalue weighted by molar-refractivity contribution is 6.01. The van der Waals surface area contributed by atoms with Gasteiger partial charge in [0, 0.05) is 24.0 Å². The summed E-state index contributed by atoms with van der Waals surface area (Å²) in [6.45, 7) is 1.97. The summed E-state index contributed by atoms with van der Waals surface area (Å²) in [5.74, 6) is 0.0927. The van der Waals surface area contributed by atoms with E-state index in [1.165, 1.54) is 0 Å². The average Bonchev–Trinajstić information content (AvgIpc) is 2.77. The number of carboxylic acids is 1. The SMILES string of the molecule is CCC(CCC(=O)O)Oc1cccc2c1CCC2=O. The van der Waals surface area contributed by atoms with E-state index in [-0.39, 0.29) is 18.3 Å². The Balaban J connectivity index is 2.10. The van der Waals surface area contributed by atoms with Gasteiger partial charge in [0.15, 0.2) is 5.78 Å². The van der Waals surface area contributed by atoms with Crippen LogP contribution in [0.4, 0.5) is 0 Å². The van der Waals surface area contributed by atoms with Gasteiger partial charge in [0.2, 0.25) is 0 Å². The lowest BCUT2D eigenvalue weighted by atomic mass is 10.1. The summed E-state index contributed by atoms with van der Waals surface area (Å²) in [6.07, 6.45) is 2.50. The molecular formula is C15H18O4. The van der Waals surface area contributed by atoms with Crippen molar-refractivity contribution in [2.24, 2.45) is 0 Å². The first-order chi connectivity index (χ1) is 9.11. The maximum absolute atomic E-state index is 11.7. The zero-order valence-electron chi connectivity index (χ0n) is 11.0. The molecule has 0 spiro atoms. The van der Waals surface area contributed by atoms with Gasteiger partial charge in [-0.25, -0.2) is 0 Å². The number of fused-ring (bicyclic) bond motifs is 1. The Morgan fingerprint density at radius 1 is 1.42 bits per heavy atom. The topological polar surface area (TPSA) is 63.6 Å². The van der Waals surface area contributed by atoms with Crippen LogP contribution in [-0.2, 0) is 11.2 Å². The summed E-state index contributed by atoms with van der Waals surface area (Å²) in [5.41, 5.74) is 1.73. The quantitative estimate of drug-likeness (QED) is 0.856. The van der Waals surface area contributed by atoms with E-state index in [1.54, 1.807) is 0 Å². The first-order valence-electron chi connectivity index (χ1n) is 6.65. The van der Waals surface area contributed by atoms with E-state index in [0.717, 1.165) is 29.7 Å². The Labute approximate surface area is 112 Å². The predicted molar refractivity (Wildman–Crippen MR) is 70.7 cm³/mol. The summed E-state index contributed by atoms with van der Waals surface area (Å²) in [5, 5.41) is 8.71. The molecule has 0 amide bonds. The molecule has 1 aromatic rings. The molecule has 102 valence electrons. The minimum absolute atomic E-state index is 0.104. The average molecular weight is 262 g/mol. The summed E-state index contributed by atoms with van der Waals surface area (Å²) in [6, 6.07) is 5.51. The number of ketones is 1. The van der Waals surface area contributed by atoms with Crippen molar-refractivity contribution >= 4 is 11.8 Å². The third-order valence-corrected chi connectivity index (χ3v) is 3.46. The fourth-order valence-corrected chi connectivity index (χ4v) is 2.38. The molecule has 0 radical (unpaired) electrons. The number of hydrogen-bond donors (Lipinski definition) is 1. The van der Waals surface area contributed by atoms with Crippen LogP contribution in [0.1, 0.15) is 48.5 Å². The van der Waals surface area contributed by atoms with Crippen LogP contribution in [-0.4, -0.2) is 23.0 Å². The highest BCUT2D eigenvalue weighted by Crippen LogP contribution is 2.31. The van der Waals surface area contributed by atoms with Crippen molar-refractivity contribution in [1.29, 1.82) is 0 Å². The Morgan fingerprint density at radius 2 is 2.21 bits per heavy atom. The second kappa shape index (κ2) is 5.87. The molecule has 0 aromatic heterocycles. The summed E-state index contributed by atoms with van der Waals surface area (Å²) < 4.78 is 5.89. The Kier molecular flexibility index (Phi) is 4.20. The van der Waals surface area contributed by atoms with Crippen LogP contribution >= 0.6 is 0 Å². The van der Waals surface area contributed by atoms with Crippen molar-refractivity contribution in [1.82, 2.24) is 0 Å². The molecule has 1 N–H and O–H groups in total. The molecule has 4 heteroatoms. The number of rotatable bonds is 6. The van der Waals surface area contributed by atoms with Gasteiger partial charge in [0.1, 0.15) is 5.75 Å². The Bertz CT molecular complexity index is 493. The van der Waals surface area contributed by atoms with Crippen LogP contribution in [0, 0.1) is 0 Å². The summed E-state index contributed by atoms with van der Waals surface area (Å²) >= 11 is 0. The standard InChI is InChI=1S/C15H18O4/c1-2-10(6-9-15(17)18)19-14-5-3-4-11-12(14)7-8-13(11)16/h3-5,10H,2,6-9H2,1H3,(H,17,18). The van der Waals surface area contributed by atoms with Crippen molar-refractivity contribution in [2.75, 3.05) is 0 Å². The van der Waals surface area contributed by atoms with E-state index in [1.807, 2.05) is 25.1 Å². The molecule has 0 heterocycles. The van der Waals surface area contributed by atoms with Gasteiger partial charge in [-0.1, -0.05) is 19.1 Å². The second-order valence-corrected chi connectivity index (χ2v) is 4.79. The third kappa shape index (κ3) is 3.13. The zero-order chi connectivity index (χ0) is 13.8. The maximum Gasteiger partial charge on any atom is 0.303 e. The fraction of sp³-hybridized carbons (Fsp3) is 0.467. The van der Waals surface area contributed by atoms with Crippen LogP contribution in [0.25, 0.3) is 0 Å². The lowest BCUT2D eigenvalue weighted by molar-refractivity contribution is -0.137. The molecule has 2 rings (SSSR count). The largest absolute Gasteiger partial charge is 0.490 e. The van der Waals surface area contributed by atoms with E-state index >= 15 is 0 Å². The highest BCUT2D eigenvalue weighted by Gasteiger charge is 2.23. The molecule has 1 aliphatic carbocycles. The van der Waals surface area contributed by atoms with Crippen LogP contribution in [0.2, 0.25) is 0 Å². The van der Waals surface area contributed by atoms with E-state index in [2.05, 4.69) is 0 Å². The van der Waals surface area contributed by atoms with Crippen LogP contribution < -0.4 is 4.74 Å². The number of hydrogen-bond acceptors (Lipinski definition) is 3. The van der Waals surface area contributed by atoms with Gasteiger partial charge in [-0.05, 0) is 25.3 Å². The molecule has 0 aliphatic heterocycles. The van der Waals surface area contributed by atoms with Crippen molar-refractivity contribution in [2.45, 2.75) is 45.1 Å². The summed E-state index contributed by atoms with van der Waals surface area (Å²) in [7, 11) is 0. The summed E-state index contributed by atoms with van der Waals surface area (Å²) in [4.78, 5) is 22.3. The van der Waals surface area contributed by atoms with E-state index in [9.17, 15) is 9.59 Å². The molecule has 0 saturated carbocycles. The van der Waals surface area contributed by atoms with Crippen molar-refractivity contribution in [3.05, 3.63) is 29.3 Å². The van der Waals surface area contributed by atoms with Crippen LogP contribution in [0.3, 0.4) is 0 Å². The lowest BCUT2D eigenvalue weighted by Crippen LogP contribution is -2.17. The van der Waals surface area contributed by atoms with Crippen LogP contribution in [0.5, 0.6) is 5.75 Å². The number of ether oxygens (including phenoxy) is 1. The molecule has 4 nitrogen and oxygen atoms in total. The van der Waals surface area contributed by atoms with Gasteiger partial charge in [0.05, 0.1) is 6.10 Å². The smallest absolute Gasteiger partial charge is 0.303 e. The third-order valence-electron chi connectivity index (χ3n) is 3.46. The number of carbonyl (C=O) groups excluding carboxylic acids is 1. The minimum atomic E-state index is -0.810. The van der Waals surface area contributed by atoms with Crippen molar-refractivity contribution < 1.29 is 19.4 Å². The van der Waals surface area contributed by atoms with Gasteiger partial charge in [-0.15, -0.1) is 0 Å². The molecule has 1 atom stereocenters. The molecule has 0 saturated heterocycles. The number of benzene rings is 1. The van der Waals surface area contributed by atoms with E-state index in [4.69, 9.17) is 9.84 Å². The predicted octanol–water partition coefficient (Wildman–Crippen LogP) is 2.84. The number of aliphatic carboxylic acids is 1. The molecule has 1 aromatic carbocycles. The fourth-order valence-electron chi connectivity index (χ4n) is 2.38. The highest BCUT2D eigenvalue weighted by atomic mass is 16.5. The number of carboxylic acid groups (broad SMARTS) is 1. The maximum atomic E-state index is 11.7. The molecule has 0 fully saturated rings. The van der Waals surface area contributed by atoms with Crippen LogP contribution in [0.15, 0.2) is 18.2 Å². The minimum Gasteiger partial charge on any atom is -0.490 e. The van der Waals surface area contributed by atoms with E-state index < -0.39 is 5.97 Å². The molecule has 19 heavy (non-hydrogen) atoms. The normalized spacial score (nSPS) is 15.1. The monoisotopic (exact) mass is 262 g/mol. The van der Waals surface area contributed by atoms with Gasteiger partial charge >= 0.3 is 5.97 Å². The van der Waals surface area contributed by atoms with Gasteiger partial charge in [-0.2, -0.15) is 0 Å². The molecule has 1 unspecified atom stereocenters. The van der Waals surface area contributed by atoms with Gasteiger partial charge in [0.25, 0.3) is 0 Å². The molecule has 0 bridgehead atoms.